The first kappa shape index (κ1) is 30.2. The highest BCUT2D eigenvalue weighted by atomic mass is 35.5. The number of hydrogen-bond acceptors (Lipinski definition) is 8. The van der Waals surface area contributed by atoms with Gasteiger partial charge in [0.15, 0.2) is 5.78 Å². The summed E-state index contributed by atoms with van der Waals surface area (Å²) in [6.45, 7) is 6.11. The number of ketones is 1. The highest BCUT2D eigenvalue weighted by Gasteiger charge is 2.45. The average molecular weight is 623 g/mol. The van der Waals surface area contributed by atoms with Gasteiger partial charge in [0.25, 0.3) is 0 Å². The van der Waals surface area contributed by atoms with Crippen LogP contribution in [0.15, 0.2) is 59.0 Å². The summed E-state index contributed by atoms with van der Waals surface area (Å²) in [5, 5.41) is 5.18. The Bertz CT molecular complexity index is 1590. The van der Waals surface area contributed by atoms with Gasteiger partial charge in [0.1, 0.15) is 29.8 Å². The van der Waals surface area contributed by atoms with Crippen LogP contribution in [0.5, 0.6) is 5.75 Å². The second kappa shape index (κ2) is 12.1. The first-order valence-corrected chi connectivity index (χ1v) is 14.8. The molecule has 5 rings (SSSR count). The Balaban J connectivity index is 1.69. The predicted octanol–water partition coefficient (Wildman–Crippen LogP) is 4.13. The highest BCUT2D eigenvalue weighted by molar-refractivity contribution is 7.03. The number of carbonyl (C=O) groups is 4. The predicted molar refractivity (Wildman–Crippen MR) is 162 cm³/mol. The number of benzene rings is 2. The molecule has 2 aliphatic rings. The van der Waals surface area contributed by atoms with E-state index in [-0.39, 0.29) is 18.0 Å². The van der Waals surface area contributed by atoms with Crippen LogP contribution in [0.3, 0.4) is 0 Å². The van der Waals surface area contributed by atoms with Crippen molar-refractivity contribution in [1.29, 1.82) is 0 Å². The molecule has 0 aliphatic carbocycles. The number of aliphatic imine (C=N–C) groups is 1. The number of amides is 4. The zero-order chi connectivity index (χ0) is 30.9. The lowest BCUT2D eigenvalue weighted by Gasteiger charge is -2.36. The summed E-state index contributed by atoms with van der Waals surface area (Å²) < 4.78 is 10.6. The Hall–Kier alpha value is -4.29. The van der Waals surface area contributed by atoms with E-state index in [2.05, 4.69) is 9.69 Å². The van der Waals surface area contributed by atoms with E-state index >= 15 is 0 Å². The zero-order valence-corrected chi connectivity index (χ0v) is 25.4. The van der Waals surface area contributed by atoms with Gasteiger partial charge in [-0.2, -0.15) is 0 Å². The van der Waals surface area contributed by atoms with Crippen LogP contribution in [0.25, 0.3) is 0 Å². The summed E-state index contributed by atoms with van der Waals surface area (Å²) in [6, 6.07) is 10.4. The number of piperazine rings is 1. The van der Waals surface area contributed by atoms with Crippen molar-refractivity contribution >= 4 is 52.6 Å². The number of amidine groups is 1. The van der Waals surface area contributed by atoms with E-state index in [1.54, 1.807) is 41.4 Å². The maximum Gasteiger partial charge on any atom is 0.326 e. The van der Waals surface area contributed by atoms with Gasteiger partial charge in [0.05, 0.1) is 18.0 Å². The second-order valence-corrected chi connectivity index (χ2v) is 12.4. The minimum Gasteiger partial charge on any atom is -0.487 e. The number of nitrogens with two attached hydrogens (primary N) is 1. The van der Waals surface area contributed by atoms with Crippen molar-refractivity contribution in [3.8, 4) is 5.75 Å². The molecule has 0 saturated carbocycles. The molecule has 1 fully saturated rings. The molecule has 1 saturated heterocycles. The van der Waals surface area contributed by atoms with Gasteiger partial charge >= 0.3 is 6.03 Å². The number of Topliss-reactive ketones (excluding diaryl/α,β-unsaturated/α-hetero) is 1. The fourth-order valence-corrected chi connectivity index (χ4v) is 5.75. The van der Waals surface area contributed by atoms with Crippen LogP contribution in [-0.4, -0.2) is 68.9 Å². The summed E-state index contributed by atoms with van der Waals surface area (Å²) in [6.07, 6.45) is 1.27. The molecule has 13 heteroatoms. The molecule has 3 N–H and O–H groups in total. The van der Waals surface area contributed by atoms with Crippen LogP contribution >= 0.6 is 23.1 Å². The molecule has 0 spiro atoms. The number of nitrogens with zero attached hydrogens (tertiary/aromatic N) is 4. The van der Waals surface area contributed by atoms with Gasteiger partial charge < -0.3 is 20.7 Å². The molecule has 0 bridgehead atoms. The van der Waals surface area contributed by atoms with Gasteiger partial charge in [-0.15, -0.1) is 0 Å². The van der Waals surface area contributed by atoms with Crippen molar-refractivity contribution in [3.63, 3.8) is 0 Å². The summed E-state index contributed by atoms with van der Waals surface area (Å²) >= 11 is 7.50. The topological polar surface area (TPSA) is 147 Å². The lowest BCUT2D eigenvalue weighted by Crippen LogP contribution is -2.55. The maximum absolute atomic E-state index is 14.4. The molecule has 0 radical (unpaired) electrons. The van der Waals surface area contributed by atoms with E-state index in [0.717, 1.165) is 11.1 Å². The third-order valence-electron chi connectivity index (χ3n) is 6.88. The number of carbonyl (C=O) groups excluding carboxylic acids is 4. The number of rotatable bonds is 7. The summed E-state index contributed by atoms with van der Waals surface area (Å²) in [4.78, 5) is 59.1. The van der Waals surface area contributed by atoms with Gasteiger partial charge in [0.2, 0.25) is 11.8 Å². The SMILES string of the molecule is CC(C)(C)Oc1cc(C(=O)CC(N)=O)ccc1C1=N[C@@H](c2cnsc2)[C@@H](c2ccc(Cl)cc2)N1C(=O)N1CCNC(=O)C1. The number of halogens is 1. The molecular formula is C30H31ClN6O5S. The Labute approximate surface area is 257 Å². The molecule has 3 aromatic rings. The Morgan fingerprint density at radius 2 is 1.88 bits per heavy atom. The van der Waals surface area contributed by atoms with Gasteiger partial charge in [-0.1, -0.05) is 29.8 Å². The van der Waals surface area contributed by atoms with Gasteiger partial charge in [-0.3, -0.25) is 24.3 Å². The number of primary amides is 1. The maximum atomic E-state index is 14.4. The normalized spacial score (nSPS) is 18.7. The molecule has 11 nitrogen and oxygen atoms in total. The lowest BCUT2D eigenvalue weighted by atomic mass is 9.95. The standard InChI is InChI=1S/C30H31ClN6O5S/c1-30(2,3)42-23-12-18(22(38)13-24(32)39)6-9-21(23)28-35-26(19-14-34-43-16-19)27(17-4-7-20(31)8-5-17)37(28)29(41)36-11-10-33-25(40)15-36/h4-9,12,14,16,26-27H,10-11,13,15H2,1-3H3,(H2,32,39)(H,33,40)/t26-,27+/m0/s1. The van der Waals surface area contributed by atoms with Gasteiger partial charge in [0, 0.05) is 40.8 Å². The number of hydrogen-bond donors (Lipinski definition) is 2. The summed E-state index contributed by atoms with van der Waals surface area (Å²) in [5.74, 6) is -0.851. The third kappa shape index (κ3) is 6.70. The fraction of sp³-hybridized carbons (Fsp3) is 0.333. The minimum absolute atomic E-state index is 0.105. The molecule has 2 aromatic carbocycles. The molecule has 2 aliphatic heterocycles. The van der Waals surface area contributed by atoms with E-state index in [1.807, 2.05) is 38.3 Å². The van der Waals surface area contributed by atoms with Crippen LogP contribution in [0.2, 0.25) is 5.02 Å². The van der Waals surface area contributed by atoms with Crippen LogP contribution < -0.4 is 15.8 Å². The van der Waals surface area contributed by atoms with Crippen molar-refractivity contribution in [2.75, 3.05) is 19.6 Å². The number of aromatic nitrogens is 1. The molecule has 4 amide bonds. The van der Waals surface area contributed by atoms with Crippen LogP contribution in [0.4, 0.5) is 4.79 Å². The van der Waals surface area contributed by atoms with Crippen LogP contribution in [0, 0.1) is 0 Å². The molecule has 0 unspecified atom stereocenters. The number of urea groups is 1. The number of nitrogens with one attached hydrogen (secondary N) is 1. The molecule has 224 valence electrons. The highest BCUT2D eigenvalue weighted by Crippen LogP contribution is 2.45. The molecular weight excluding hydrogens is 592 g/mol. The van der Waals surface area contributed by atoms with E-state index in [1.165, 1.54) is 16.4 Å². The van der Waals surface area contributed by atoms with E-state index in [0.29, 0.717) is 35.3 Å². The van der Waals surface area contributed by atoms with Crippen molar-refractivity contribution in [1.82, 2.24) is 19.5 Å². The molecule has 3 heterocycles. The first-order valence-electron chi connectivity index (χ1n) is 13.6. The van der Waals surface area contributed by atoms with E-state index < -0.39 is 41.8 Å². The van der Waals surface area contributed by atoms with Crippen molar-refractivity contribution in [2.45, 2.75) is 44.9 Å². The summed E-state index contributed by atoms with van der Waals surface area (Å²) in [5.41, 5.74) is 6.87. The smallest absolute Gasteiger partial charge is 0.326 e. The Morgan fingerprint density at radius 1 is 1.14 bits per heavy atom. The van der Waals surface area contributed by atoms with Crippen LogP contribution in [0.1, 0.15) is 66.3 Å². The summed E-state index contributed by atoms with van der Waals surface area (Å²) in [7, 11) is 0. The van der Waals surface area contributed by atoms with Gasteiger partial charge in [-0.05, 0) is 62.1 Å². The number of ether oxygens (including phenoxy) is 1. The second-order valence-electron chi connectivity index (χ2n) is 11.3. The van der Waals surface area contributed by atoms with Gasteiger partial charge in [-0.25, -0.2) is 9.17 Å². The molecule has 1 aromatic heterocycles. The zero-order valence-electron chi connectivity index (χ0n) is 23.9. The minimum atomic E-state index is -0.743. The Kier molecular flexibility index (Phi) is 8.52. The lowest BCUT2D eigenvalue weighted by molar-refractivity contribution is -0.123. The Morgan fingerprint density at radius 3 is 2.51 bits per heavy atom. The monoisotopic (exact) mass is 622 g/mol. The largest absolute Gasteiger partial charge is 0.487 e. The fourth-order valence-electron chi connectivity index (χ4n) is 5.06. The molecule has 43 heavy (non-hydrogen) atoms. The van der Waals surface area contributed by atoms with Crippen molar-refractivity contribution in [3.05, 3.63) is 81.3 Å². The quantitative estimate of drug-likeness (QED) is 0.299. The van der Waals surface area contributed by atoms with E-state index in [9.17, 15) is 19.2 Å². The first-order chi connectivity index (χ1) is 20.4. The molecule has 2 atom stereocenters. The average Bonchev–Trinajstić information content (AvgIpc) is 3.60. The van der Waals surface area contributed by atoms with Crippen molar-refractivity contribution in [2.24, 2.45) is 10.7 Å². The van der Waals surface area contributed by atoms with Crippen LogP contribution in [-0.2, 0) is 9.59 Å². The third-order valence-corrected chi connectivity index (χ3v) is 7.74. The van der Waals surface area contributed by atoms with Crippen molar-refractivity contribution < 1.29 is 23.9 Å². The van der Waals surface area contributed by atoms with E-state index in [4.69, 9.17) is 27.1 Å².